The highest BCUT2D eigenvalue weighted by molar-refractivity contribution is 5.85. The summed E-state index contributed by atoms with van der Waals surface area (Å²) in [4.78, 5) is 13.6. The van der Waals surface area contributed by atoms with E-state index in [9.17, 15) is 9.18 Å². The van der Waals surface area contributed by atoms with Gasteiger partial charge in [0.2, 0.25) is 5.91 Å². The van der Waals surface area contributed by atoms with E-state index in [1.165, 1.54) is 4.90 Å². The second-order valence-electron chi connectivity index (χ2n) is 4.62. The predicted molar refractivity (Wildman–Crippen MR) is 70.2 cm³/mol. The quantitative estimate of drug-likeness (QED) is 0.847. The van der Waals surface area contributed by atoms with Crippen LogP contribution in [0, 0.1) is 17.2 Å². The van der Waals surface area contributed by atoms with E-state index in [0.29, 0.717) is 0 Å². The van der Waals surface area contributed by atoms with Crippen LogP contribution < -0.4 is 5.32 Å². The van der Waals surface area contributed by atoms with Crippen LogP contribution in [-0.4, -0.2) is 42.7 Å². The van der Waals surface area contributed by atoms with Crippen molar-refractivity contribution < 1.29 is 9.18 Å². The van der Waals surface area contributed by atoms with Gasteiger partial charge in [-0.2, -0.15) is 5.26 Å². The first kappa shape index (κ1) is 17.1. The molecule has 4 nitrogen and oxygen atoms in total. The van der Waals surface area contributed by atoms with Crippen molar-refractivity contribution >= 4 is 18.3 Å². The van der Waals surface area contributed by atoms with E-state index in [1.807, 2.05) is 19.9 Å². The van der Waals surface area contributed by atoms with Crippen molar-refractivity contribution in [3.63, 3.8) is 0 Å². The molecule has 6 heteroatoms. The number of nitrogens with one attached hydrogen (secondary N) is 1. The third kappa shape index (κ3) is 3.56. The molecule has 1 aliphatic rings. The third-order valence-electron chi connectivity index (χ3n) is 3.47. The molecule has 1 rings (SSSR count). The summed E-state index contributed by atoms with van der Waals surface area (Å²) in [6.07, 6.45) is -0.0707. The molecule has 0 bridgehead atoms. The minimum atomic E-state index is -1.07. The number of carbonyl (C=O) groups is 1. The van der Waals surface area contributed by atoms with E-state index < -0.39 is 12.2 Å². The molecule has 1 fully saturated rings. The lowest BCUT2D eigenvalue weighted by Gasteiger charge is -2.28. The molecule has 0 aromatic carbocycles. The van der Waals surface area contributed by atoms with Crippen LogP contribution in [-0.2, 0) is 4.79 Å². The summed E-state index contributed by atoms with van der Waals surface area (Å²) in [5.74, 6) is 0.0130. The van der Waals surface area contributed by atoms with Gasteiger partial charge in [0.25, 0.3) is 0 Å². The molecular weight excluding hydrogens is 257 g/mol. The fourth-order valence-electron chi connectivity index (χ4n) is 2.22. The summed E-state index contributed by atoms with van der Waals surface area (Å²) < 4.78 is 13.3. The van der Waals surface area contributed by atoms with Gasteiger partial charge in [0.1, 0.15) is 12.2 Å². The van der Waals surface area contributed by atoms with Gasteiger partial charge in [-0.05, 0) is 13.0 Å². The van der Waals surface area contributed by atoms with Crippen molar-refractivity contribution in [2.24, 2.45) is 5.92 Å². The first-order chi connectivity index (χ1) is 8.04. The van der Waals surface area contributed by atoms with Gasteiger partial charge >= 0.3 is 0 Å². The number of alkyl halides is 1. The Morgan fingerprint density at radius 1 is 1.67 bits per heavy atom. The largest absolute Gasteiger partial charge is 0.322 e. The Hall–Kier alpha value is -0.860. The van der Waals surface area contributed by atoms with Crippen LogP contribution in [0.4, 0.5) is 4.39 Å². The number of nitriles is 1. The minimum Gasteiger partial charge on any atom is -0.322 e. The second kappa shape index (κ2) is 7.55. The monoisotopic (exact) mass is 277 g/mol. The third-order valence-corrected chi connectivity index (χ3v) is 3.47. The maximum absolute atomic E-state index is 13.3. The summed E-state index contributed by atoms with van der Waals surface area (Å²) in [6.45, 7) is 4.03. The number of nitrogens with zero attached hydrogens (tertiary/aromatic N) is 2. The molecule has 1 amide bonds. The lowest BCUT2D eigenvalue weighted by Crippen LogP contribution is -2.50. The molecule has 1 saturated heterocycles. The molecular formula is C12H21ClFN3O. The van der Waals surface area contributed by atoms with E-state index in [-0.39, 0.29) is 43.2 Å². The Kier molecular flexibility index (Phi) is 7.19. The molecule has 4 atom stereocenters. The molecule has 1 N–H and O–H groups in total. The summed E-state index contributed by atoms with van der Waals surface area (Å²) in [5, 5.41) is 11.9. The number of likely N-dealkylation sites (tertiary alicyclic amines) is 1. The van der Waals surface area contributed by atoms with Gasteiger partial charge in [-0.1, -0.05) is 20.3 Å². The Morgan fingerprint density at radius 2 is 2.28 bits per heavy atom. The van der Waals surface area contributed by atoms with Gasteiger partial charge < -0.3 is 10.2 Å². The van der Waals surface area contributed by atoms with E-state index in [2.05, 4.69) is 5.32 Å². The van der Waals surface area contributed by atoms with E-state index >= 15 is 0 Å². The maximum atomic E-state index is 13.3. The highest BCUT2D eigenvalue weighted by Gasteiger charge is 2.38. The van der Waals surface area contributed by atoms with Gasteiger partial charge in [-0.3, -0.25) is 4.79 Å². The summed E-state index contributed by atoms with van der Waals surface area (Å²) in [5.41, 5.74) is 0. The lowest BCUT2D eigenvalue weighted by molar-refractivity contribution is -0.134. The molecule has 0 spiro atoms. The van der Waals surface area contributed by atoms with Crippen LogP contribution in [0.2, 0.25) is 0 Å². The van der Waals surface area contributed by atoms with Crippen molar-refractivity contribution in [3.05, 3.63) is 0 Å². The molecule has 0 aromatic heterocycles. The Balaban J connectivity index is 0.00000289. The molecule has 0 saturated carbocycles. The Bertz CT molecular complexity index is 321. The highest BCUT2D eigenvalue weighted by Crippen LogP contribution is 2.22. The summed E-state index contributed by atoms with van der Waals surface area (Å²) in [7, 11) is 1.72. The SMILES string of the molecule is CC[C@H](C)[C@H](NC)C(=O)N1C[C@@H](F)C[C@H]1C#N.Cl. The normalized spacial score (nSPS) is 26.1. The molecule has 0 unspecified atom stereocenters. The fraction of sp³-hybridized carbons (Fsp3) is 0.833. The van der Waals surface area contributed by atoms with Crippen LogP contribution in [0.5, 0.6) is 0 Å². The Morgan fingerprint density at radius 3 is 2.72 bits per heavy atom. The smallest absolute Gasteiger partial charge is 0.241 e. The molecule has 0 aromatic rings. The molecule has 18 heavy (non-hydrogen) atoms. The molecule has 0 radical (unpaired) electrons. The van der Waals surface area contributed by atoms with Crippen LogP contribution in [0.1, 0.15) is 26.7 Å². The number of hydrogen-bond donors (Lipinski definition) is 1. The van der Waals surface area contributed by atoms with Crippen LogP contribution in [0.15, 0.2) is 0 Å². The fourth-order valence-corrected chi connectivity index (χ4v) is 2.22. The predicted octanol–water partition coefficient (Wildman–Crippen LogP) is 1.50. The van der Waals surface area contributed by atoms with Crippen LogP contribution in [0.3, 0.4) is 0 Å². The second-order valence-corrected chi connectivity index (χ2v) is 4.62. The number of amides is 1. The van der Waals surface area contributed by atoms with Crippen LogP contribution in [0.25, 0.3) is 0 Å². The van der Waals surface area contributed by atoms with Gasteiger partial charge in [-0.25, -0.2) is 4.39 Å². The number of halogens is 2. The van der Waals surface area contributed by atoms with Crippen molar-refractivity contribution in [2.75, 3.05) is 13.6 Å². The average molecular weight is 278 g/mol. The van der Waals surface area contributed by atoms with E-state index in [4.69, 9.17) is 5.26 Å². The first-order valence-corrected chi connectivity index (χ1v) is 6.06. The zero-order chi connectivity index (χ0) is 13.0. The van der Waals surface area contributed by atoms with Gasteiger partial charge in [0.15, 0.2) is 0 Å². The van der Waals surface area contributed by atoms with Crippen molar-refractivity contribution in [2.45, 2.75) is 44.9 Å². The topological polar surface area (TPSA) is 56.1 Å². The van der Waals surface area contributed by atoms with Gasteiger partial charge in [0, 0.05) is 6.42 Å². The van der Waals surface area contributed by atoms with Crippen LogP contribution >= 0.6 is 12.4 Å². The van der Waals surface area contributed by atoms with Crippen molar-refractivity contribution in [3.8, 4) is 6.07 Å². The van der Waals surface area contributed by atoms with Crippen molar-refractivity contribution in [1.82, 2.24) is 10.2 Å². The number of likely N-dealkylation sites (N-methyl/N-ethyl adjacent to an activating group) is 1. The maximum Gasteiger partial charge on any atom is 0.241 e. The zero-order valence-electron chi connectivity index (χ0n) is 11.0. The van der Waals surface area contributed by atoms with E-state index in [0.717, 1.165) is 6.42 Å². The number of rotatable bonds is 4. The van der Waals surface area contributed by atoms with E-state index in [1.54, 1.807) is 7.05 Å². The van der Waals surface area contributed by atoms with Crippen molar-refractivity contribution in [1.29, 1.82) is 5.26 Å². The standard InChI is InChI=1S/C12H20FN3O.ClH/c1-4-8(2)11(15-3)12(17)16-7-9(13)5-10(16)6-14;/h8-11,15H,4-5,7H2,1-3H3;1H/t8-,9-,10-,11-;/m0./s1. The number of hydrogen-bond acceptors (Lipinski definition) is 3. The highest BCUT2D eigenvalue weighted by atomic mass is 35.5. The molecule has 1 heterocycles. The zero-order valence-corrected chi connectivity index (χ0v) is 11.8. The average Bonchev–Trinajstić information content (AvgIpc) is 2.70. The summed E-state index contributed by atoms with van der Waals surface area (Å²) in [6, 6.07) is 1.05. The summed E-state index contributed by atoms with van der Waals surface area (Å²) >= 11 is 0. The minimum absolute atomic E-state index is 0. The Labute approximate surface area is 114 Å². The molecule has 1 aliphatic heterocycles. The number of carbonyl (C=O) groups excluding carboxylic acids is 1. The molecule has 104 valence electrons. The van der Waals surface area contributed by atoms with Gasteiger partial charge in [0.05, 0.1) is 18.7 Å². The van der Waals surface area contributed by atoms with Gasteiger partial charge in [-0.15, -0.1) is 12.4 Å². The first-order valence-electron chi connectivity index (χ1n) is 6.06. The lowest BCUT2D eigenvalue weighted by atomic mass is 9.98. The molecule has 0 aliphatic carbocycles.